The predicted octanol–water partition coefficient (Wildman–Crippen LogP) is 3.43. The van der Waals surface area contributed by atoms with Crippen molar-refractivity contribution in [2.45, 2.75) is 69.5 Å². The summed E-state index contributed by atoms with van der Waals surface area (Å²) in [5.74, 6) is 1.56. The van der Waals surface area contributed by atoms with E-state index in [4.69, 9.17) is 14.7 Å². The van der Waals surface area contributed by atoms with Gasteiger partial charge in [-0.05, 0) is 56.2 Å². The summed E-state index contributed by atoms with van der Waals surface area (Å²) in [4.78, 5) is 32.1. The van der Waals surface area contributed by atoms with Crippen molar-refractivity contribution in [3.05, 3.63) is 53.7 Å². The molecule has 1 amide bonds. The first kappa shape index (κ1) is 30.4. The molecule has 0 radical (unpaired) electrons. The number of likely N-dealkylation sites (tertiary alicyclic amines) is 1. The smallest absolute Gasteiger partial charge is 0.246 e. The Morgan fingerprint density at radius 1 is 1.14 bits per heavy atom. The van der Waals surface area contributed by atoms with E-state index in [-0.39, 0.29) is 18.4 Å². The minimum absolute atomic E-state index is 0.113. The lowest BCUT2D eigenvalue weighted by Gasteiger charge is -2.43. The van der Waals surface area contributed by atoms with Gasteiger partial charge in [0.05, 0.1) is 30.8 Å². The van der Waals surface area contributed by atoms with Crippen molar-refractivity contribution in [1.82, 2.24) is 19.8 Å². The standard InChI is InChI=1S/C34H46N8O2/c1-3-32(43)42-20-19-40(24-28(42)12-15-35)33-29-11-10-27(41-16-6-8-25-7-4-5-9-31(25)41)23-30(29)37-34(38-33)36-26-13-17-39(18-14-26)21-22-44-2/h3-5,7,9,26-28H,1,6,8,10-14,16-24H2,2H3,(H,36,37,38)/t27?,28-/m0/s1. The van der Waals surface area contributed by atoms with Gasteiger partial charge in [-0.25, -0.2) is 4.98 Å². The molecule has 1 N–H and O–H groups in total. The van der Waals surface area contributed by atoms with E-state index in [0.717, 1.165) is 82.8 Å². The molecule has 0 saturated carbocycles. The average Bonchev–Trinajstić information content (AvgIpc) is 3.07. The summed E-state index contributed by atoms with van der Waals surface area (Å²) >= 11 is 0. The number of carbonyl (C=O) groups excluding carboxylic acids is 1. The lowest BCUT2D eigenvalue weighted by molar-refractivity contribution is -0.128. The highest BCUT2D eigenvalue weighted by Crippen LogP contribution is 2.36. The van der Waals surface area contributed by atoms with Crippen molar-refractivity contribution in [3.8, 4) is 6.07 Å². The Hall–Kier alpha value is -3.68. The Labute approximate surface area is 261 Å². The maximum absolute atomic E-state index is 12.6. The first-order valence-electron chi connectivity index (χ1n) is 16.3. The van der Waals surface area contributed by atoms with Crippen LogP contribution in [0, 0.1) is 11.3 Å². The zero-order chi connectivity index (χ0) is 30.5. The number of ether oxygens (including phenoxy) is 1. The van der Waals surface area contributed by atoms with E-state index in [1.54, 1.807) is 12.0 Å². The highest BCUT2D eigenvalue weighted by Gasteiger charge is 2.35. The molecule has 0 spiro atoms. The van der Waals surface area contributed by atoms with Gasteiger partial charge in [0.2, 0.25) is 11.9 Å². The van der Waals surface area contributed by atoms with Crippen LogP contribution in [-0.4, -0.2) is 103 Å². The molecule has 44 heavy (non-hydrogen) atoms. The first-order chi connectivity index (χ1) is 21.6. The molecular formula is C34H46N8O2. The van der Waals surface area contributed by atoms with E-state index < -0.39 is 0 Å². The summed E-state index contributed by atoms with van der Waals surface area (Å²) in [5, 5.41) is 13.3. The van der Waals surface area contributed by atoms with Gasteiger partial charge < -0.3 is 29.7 Å². The minimum Gasteiger partial charge on any atom is -0.383 e. The molecule has 6 rings (SSSR count). The molecule has 3 aliphatic heterocycles. The zero-order valence-corrected chi connectivity index (χ0v) is 26.1. The van der Waals surface area contributed by atoms with Gasteiger partial charge in [0, 0.05) is 82.7 Å². The number of fused-ring (bicyclic) bond motifs is 2. The minimum atomic E-state index is -0.195. The molecule has 2 atom stereocenters. The number of nitriles is 1. The third-order valence-electron chi connectivity index (χ3n) is 9.91. The van der Waals surface area contributed by atoms with Gasteiger partial charge in [0.25, 0.3) is 0 Å². The third-order valence-corrected chi connectivity index (χ3v) is 9.91. The molecule has 2 saturated heterocycles. The van der Waals surface area contributed by atoms with E-state index in [1.807, 2.05) is 0 Å². The highest BCUT2D eigenvalue weighted by atomic mass is 16.5. The van der Waals surface area contributed by atoms with Gasteiger partial charge in [-0.2, -0.15) is 10.2 Å². The van der Waals surface area contributed by atoms with Crippen LogP contribution in [0.4, 0.5) is 17.5 Å². The quantitative estimate of drug-likeness (QED) is 0.435. The van der Waals surface area contributed by atoms with Crippen molar-refractivity contribution in [1.29, 1.82) is 5.26 Å². The average molecular weight is 599 g/mol. The number of anilines is 3. The third kappa shape index (κ3) is 6.54. The van der Waals surface area contributed by atoms with Crippen LogP contribution in [-0.2, 0) is 28.8 Å². The largest absolute Gasteiger partial charge is 0.383 e. The van der Waals surface area contributed by atoms with Crippen LogP contribution in [0.2, 0.25) is 0 Å². The number of nitrogens with zero attached hydrogens (tertiary/aromatic N) is 7. The number of aromatic nitrogens is 2. The summed E-state index contributed by atoms with van der Waals surface area (Å²) in [6.07, 6.45) is 8.91. The van der Waals surface area contributed by atoms with E-state index >= 15 is 0 Å². The fourth-order valence-corrected chi connectivity index (χ4v) is 7.55. The lowest BCUT2D eigenvalue weighted by Crippen LogP contribution is -2.55. The Morgan fingerprint density at radius 2 is 1.98 bits per heavy atom. The molecule has 4 heterocycles. The van der Waals surface area contributed by atoms with Crippen molar-refractivity contribution in [2.24, 2.45) is 0 Å². The second kappa shape index (κ2) is 14.0. The Balaban J connectivity index is 1.27. The van der Waals surface area contributed by atoms with Crippen LogP contribution in [0.3, 0.4) is 0 Å². The topological polar surface area (TPSA) is 101 Å². The number of rotatable bonds is 9. The van der Waals surface area contributed by atoms with Gasteiger partial charge in [0.15, 0.2) is 0 Å². The van der Waals surface area contributed by atoms with Crippen molar-refractivity contribution in [3.63, 3.8) is 0 Å². The maximum Gasteiger partial charge on any atom is 0.246 e. The number of piperidine rings is 1. The Morgan fingerprint density at radius 3 is 2.77 bits per heavy atom. The van der Waals surface area contributed by atoms with Gasteiger partial charge in [-0.3, -0.25) is 4.79 Å². The fourth-order valence-electron chi connectivity index (χ4n) is 7.55. The number of methoxy groups -OCH3 is 1. The van der Waals surface area contributed by atoms with Crippen molar-refractivity contribution in [2.75, 3.05) is 74.6 Å². The summed E-state index contributed by atoms with van der Waals surface area (Å²) in [7, 11) is 1.76. The molecule has 1 aliphatic carbocycles. The number of carbonyl (C=O) groups is 1. The van der Waals surface area contributed by atoms with Crippen LogP contribution in [0.15, 0.2) is 36.9 Å². The number of piperazine rings is 1. The summed E-state index contributed by atoms with van der Waals surface area (Å²) < 4.78 is 5.28. The highest BCUT2D eigenvalue weighted by molar-refractivity contribution is 5.87. The van der Waals surface area contributed by atoms with Gasteiger partial charge in [-0.1, -0.05) is 24.8 Å². The Kier molecular flexibility index (Phi) is 9.63. The molecule has 4 aliphatic rings. The molecule has 1 unspecified atom stereocenters. The number of nitrogens with one attached hydrogen (secondary N) is 1. The molecular weight excluding hydrogens is 552 g/mol. The molecule has 2 fully saturated rings. The second-order valence-electron chi connectivity index (χ2n) is 12.6. The number of para-hydroxylation sites is 1. The number of hydrogen-bond acceptors (Lipinski definition) is 9. The van der Waals surface area contributed by atoms with Gasteiger partial charge >= 0.3 is 0 Å². The molecule has 0 bridgehead atoms. The van der Waals surface area contributed by atoms with E-state index in [9.17, 15) is 10.1 Å². The summed E-state index contributed by atoms with van der Waals surface area (Å²) in [5.41, 5.74) is 5.19. The van der Waals surface area contributed by atoms with Crippen LogP contribution >= 0.6 is 0 Å². The SMILES string of the molecule is C=CC(=O)N1CCN(c2nc(NC3CCN(CCOC)CC3)nc3c2CCC(N2CCCc4ccccc42)C3)C[C@@H]1CC#N. The maximum atomic E-state index is 12.6. The molecule has 2 aromatic rings. The number of aryl methyl sites for hydroxylation is 1. The normalized spacial score (nSPS) is 22.6. The monoisotopic (exact) mass is 598 g/mol. The number of hydrogen-bond donors (Lipinski definition) is 1. The number of amides is 1. The fraction of sp³-hybridized carbons (Fsp3) is 0.588. The zero-order valence-electron chi connectivity index (χ0n) is 26.1. The van der Waals surface area contributed by atoms with Crippen LogP contribution in [0.5, 0.6) is 0 Å². The summed E-state index contributed by atoms with van der Waals surface area (Å²) in [6.45, 7) is 10.4. The van der Waals surface area contributed by atoms with Gasteiger partial charge in [-0.15, -0.1) is 0 Å². The summed E-state index contributed by atoms with van der Waals surface area (Å²) in [6, 6.07) is 11.7. The first-order valence-corrected chi connectivity index (χ1v) is 16.3. The predicted molar refractivity (Wildman–Crippen MR) is 173 cm³/mol. The molecule has 234 valence electrons. The van der Waals surface area contributed by atoms with Crippen molar-refractivity contribution < 1.29 is 9.53 Å². The molecule has 10 heteroatoms. The van der Waals surface area contributed by atoms with E-state index in [2.05, 4.69) is 56.9 Å². The van der Waals surface area contributed by atoms with Crippen molar-refractivity contribution >= 4 is 23.4 Å². The van der Waals surface area contributed by atoms with Crippen LogP contribution < -0.4 is 15.1 Å². The van der Waals surface area contributed by atoms with E-state index in [0.29, 0.717) is 37.7 Å². The van der Waals surface area contributed by atoms with Gasteiger partial charge in [0.1, 0.15) is 5.82 Å². The molecule has 1 aromatic heterocycles. The lowest BCUT2D eigenvalue weighted by atomic mass is 9.88. The van der Waals surface area contributed by atoms with Crippen LogP contribution in [0.25, 0.3) is 0 Å². The molecule has 1 aromatic carbocycles. The second-order valence-corrected chi connectivity index (χ2v) is 12.6. The Bertz CT molecular complexity index is 1370. The number of benzene rings is 1. The molecule has 10 nitrogen and oxygen atoms in total. The van der Waals surface area contributed by atoms with Crippen LogP contribution in [0.1, 0.15) is 48.9 Å². The van der Waals surface area contributed by atoms with E-state index in [1.165, 1.54) is 29.3 Å².